The molecule has 0 aliphatic heterocycles. The number of halogens is 1. The molecule has 1 saturated carbocycles. The van der Waals surface area contributed by atoms with Crippen LogP contribution in [0.1, 0.15) is 36.4 Å². The maximum absolute atomic E-state index is 12.3. The van der Waals surface area contributed by atoms with E-state index in [2.05, 4.69) is 20.9 Å². The minimum Gasteiger partial charge on any atom is -0.294 e. The molecular formula is C15H15BrN2O. The molecule has 2 aromatic rings. The number of hydrogen-bond donors (Lipinski definition) is 0. The lowest BCUT2D eigenvalue weighted by Gasteiger charge is -2.25. The highest BCUT2D eigenvalue weighted by Gasteiger charge is 2.24. The SMILES string of the molecule is O=c1c(Br)c(C2CCC2)ncn1Cc1ccccc1. The maximum Gasteiger partial charge on any atom is 0.268 e. The summed E-state index contributed by atoms with van der Waals surface area (Å²) in [6, 6.07) is 9.96. The van der Waals surface area contributed by atoms with Gasteiger partial charge in [0.25, 0.3) is 5.56 Å². The van der Waals surface area contributed by atoms with Gasteiger partial charge < -0.3 is 0 Å². The summed E-state index contributed by atoms with van der Waals surface area (Å²) >= 11 is 3.42. The third kappa shape index (κ3) is 2.50. The van der Waals surface area contributed by atoms with E-state index in [0.717, 1.165) is 24.1 Å². The normalized spacial score (nSPS) is 15.2. The Kier molecular flexibility index (Phi) is 3.51. The predicted octanol–water partition coefficient (Wildman–Crippen LogP) is 3.32. The maximum atomic E-state index is 12.3. The molecule has 1 aromatic heterocycles. The van der Waals surface area contributed by atoms with E-state index in [0.29, 0.717) is 16.9 Å². The minimum atomic E-state index is 0.0146. The molecule has 1 heterocycles. The van der Waals surface area contributed by atoms with Crippen molar-refractivity contribution in [1.29, 1.82) is 0 Å². The Morgan fingerprint density at radius 2 is 2.00 bits per heavy atom. The van der Waals surface area contributed by atoms with Gasteiger partial charge in [-0.25, -0.2) is 4.98 Å². The van der Waals surface area contributed by atoms with Crippen LogP contribution in [0.4, 0.5) is 0 Å². The molecule has 98 valence electrons. The van der Waals surface area contributed by atoms with Crippen LogP contribution in [0.3, 0.4) is 0 Å². The highest BCUT2D eigenvalue weighted by atomic mass is 79.9. The van der Waals surface area contributed by atoms with Gasteiger partial charge in [0.2, 0.25) is 0 Å². The average molecular weight is 319 g/mol. The minimum absolute atomic E-state index is 0.0146. The molecule has 1 fully saturated rings. The molecule has 1 aromatic carbocycles. The van der Waals surface area contributed by atoms with E-state index in [1.807, 2.05) is 30.3 Å². The first-order chi connectivity index (χ1) is 9.25. The zero-order chi connectivity index (χ0) is 13.2. The van der Waals surface area contributed by atoms with Crippen LogP contribution in [-0.4, -0.2) is 9.55 Å². The summed E-state index contributed by atoms with van der Waals surface area (Å²) in [7, 11) is 0. The Labute approximate surface area is 120 Å². The van der Waals surface area contributed by atoms with Gasteiger partial charge in [0.15, 0.2) is 0 Å². The van der Waals surface area contributed by atoms with Crippen molar-refractivity contribution in [3.63, 3.8) is 0 Å². The highest BCUT2D eigenvalue weighted by Crippen LogP contribution is 2.37. The van der Waals surface area contributed by atoms with Crippen molar-refractivity contribution in [3.8, 4) is 0 Å². The van der Waals surface area contributed by atoms with Gasteiger partial charge in [-0.15, -0.1) is 0 Å². The molecule has 1 aliphatic rings. The molecule has 0 bridgehead atoms. The van der Waals surface area contributed by atoms with E-state index < -0.39 is 0 Å². The Bertz CT molecular complexity index is 632. The lowest BCUT2D eigenvalue weighted by molar-refractivity contribution is 0.407. The summed E-state index contributed by atoms with van der Waals surface area (Å²) in [5, 5.41) is 0. The molecule has 4 heteroatoms. The zero-order valence-electron chi connectivity index (χ0n) is 10.6. The van der Waals surface area contributed by atoms with Crippen LogP contribution in [0.15, 0.2) is 45.9 Å². The van der Waals surface area contributed by atoms with E-state index in [4.69, 9.17) is 0 Å². The molecule has 19 heavy (non-hydrogen) atoms. The van der Waals surface area contributed by atoms with Gasteiger partial charge in [0.05, 0.1) is 18.6 Å². The topological polar surface area (TPSA) is 34.9 Å². The zero-order valence-corrected chi connectivity index (χ0v) is 12.1. The van der Waals surface area contributed by atoms with E-state index in [1.165, 1.54) is 6.42 Å². The van der Waals surface area contributed by atoms with Crippen molar-refractivity contribution in [3.05, 3.63) is 62.7 Å². The van der Waals surface area contributed by atoms with E-state index in [-0.39, 0.29) is 5.56 Å². The standard InChI is InChI=1S/C15H15BrN2O/c16-13-14(12-7-4-8-12)17-10-18(15(13)19)9-11-5-2-1-3-6-11/h1-3,5-6,10,12H,4,7-9H2. The van der Waals surface area contributed by atoms with Gasteiger partial charge in [-0.05, 0) is 34.3 Å². The number of rotatable bonds is 3. The molecule has 0 unspecified atom stereocenters. The number of hydrogen-bond acceptors (Lipinski definition) is 2. The molecule has 0 atom stereocenters. The van der Waals surface area contributed by atoms with Gasteiger partial charge in [-0.3, -0.25) is 9.36 Å². The smallest absolute Gasteiger partial charge is 0.268 e. The Hall–Kier alpha value is -1.42. The third-order valence-electron chi connectivity index (χ3n) is 3.70. The predicted molar refractivity (Wildman–Crippen MR) is 78.3 cm³/mol. The fourth-order valence-corrected chi connectivity index (χ4v) is 2.99. The second-order valence-corrected chi connectivity index (χ2v) is 5.78. The van der Waals surface area contributed by atoms with Crippen molar-refractivity contribution in [1.82, 2.24) is 9.55 Å². The van der Waals surface area contributed by atoms with Crippen LogP contribution < -0.4 is 5.56 Å². The Balaban J connectivity index is 1.91. The lowest BCUT2D eigenvalue weighted by Crippen LogP contribution is -2.25. The van der Waals surface area contributed by atoms with Gasteiger partial charge >= 0.3 is 0 Å². The first-order valence-electron chi connectivity index (χ1n) is 6.54. The van der Waals surface area contributed by atoms with Crippen molar-refractivity contribution >= 4 is 15.9 Å². The summed E-state index contributed by atoms with van der Waals surface area (Å²) in [6.07, 6.45) is 5.21. The fourth-order valence-electron chi connectivity index (χ4n) is 2.34. The van der Waals surface area contributed by atoms with Crippen molar-refractivity contribution < 1.29 is 0 Å². The molecule has 3 rings (SSSR count). The first-order valence-corrected chi connectivity index (χ1v) is 7.34. The summed E-state index contributed by atoms with van der Waals surface area (Å²) < 4.78 is 2.29. The van der Waals surface area contributed by atoms with E-state index in [9.17, 15) is 4.79 Å². The Morgan fingerprint density at radius 1 is 1.26 bits per heavy atom. The molecular weight excluding hydrogens is 304 g/mol. The van der Waals surface area contributed by atoms with E-state index in [1.54, 1.807) is 10.9 Å². The van der Waals surface area contributed by atoms with Gasteiger partial charge in [0, 0.05) is 5.92 Å². The van der Waals surface area contributed by atoms with Crippen LogP contribution in [-0.2, 0) is 6.54 Å². The molecule has 0 spiro atoms. The van der Waals surface area contributed by atoms with E-state index >= 15 is 0 Å². The summed E-state index contributed by atoms with van der Waals surface area (Å²) in [5.41, 5.74) is 2.05. The lowest BCUT2D eigenvalue weighted by atomic mass is 9.83. The van der Waals surface area contributed by atoms with Crippen LogP contribution in [0, 0.1) is 0 Å². The largest absolute Gasteiger partial charge is 0.294 e. The quantitative estimate of drug-likeness (QED) is 0.870. The molecule has 1 aliphatic carbocycles. The van der Waals surface area contributed by atoms with Crippen LogP contribution in [0.2, 0.25) is 0 Å². The number of benzene rings is 1. The second-order valence-electron chi connectivity index (χ2n) is 4.99. The van der Waals surface area contributed by atoms with Crippen molar-refractivity contribution in [2.45, 2.75) is 31.7 Å². The monoisotopic (exact) mass is 318 g/mol. The Morgan fingerprint density at radius 3 is 2.63 bits per heavy atom. The average Bonchev–Trinajstić information content (AvgIpc) is 2.37. The first kappa shape index (κ1) is 12.6. The highest BCUT2D eigenvalue weighted by molar-refractivity contribution is 9.10. The van der Waals surface area contributed by atoms with Crippen LogP contribution in [0.25, 0.3) is 0 Å². The molecule has 0 amide bonds. The third-order valence-corrected chi connectivity index (χ3v) is 4.44. The fraction of sp³-hybridized carbons (Fsp3) is 0.333. The second kappa shape index (κ2) is 5.29. The molecule has 3 nitrogen and oxygen atoms in total. The van der Waals surface area contributed by atoms with Crippen molar-refractivity contribution in [2.24, 2.45) is 0 Å². The summed E-state index contributed by atoms with van der Waals surface area (Å²) in [5.74, 6) is 0.466. The summed E-state index contributed by atoms with van der Waals surface area (Å²) in [6.45, 7) is 0.566. The van der Waals surface area contributed by atoms with Crippen LogP contribution >= 0.6 is 15.9 Å². The molecule has 0 N–H and O–H groups in total. The summed E-state index contributed by atoms with van der Waals surface area (Å²) in [4.78, 5) is 16.8. The number of nitrogens with zero attached hydrogens (tertiary/aromatic N) is 2. The van der Waals surface area contributed by atoms with Crippen molar-refractivity contribution in [2.75, 3.05) is 0 Å². The molecule has 0 saturated heterocycles. The number of aromatic nitrogens is 2. The van der Waals surface area contributed by atoms with Gasteiger partial charge in [-0.1, -0.05) is 36.8 Å². The van der Waals surface area contributed by atoms with Crippen LogP contribution in [0.5, 0.6) is 0 Å². The van der Waals surface area contributed by atoms with Gasteiger partial charge in [0.1, 0.15) is 4.47 Å². The molecule has 0 radical (unpaired) electrons. The van der Waals surface area contributed by atoms with Gasteiger partial charge in [-0.2, -0.15) is 0 Å².